The minimum Gasteiger partial charge on any atom is -0.479 e. The predicted octanol–water partition coefficient (Wildman–Crippen LogP) is 4.74. The quantitative estimate of drug-likeness (QED) is 0.202. The molecule has 13 nitrogen and oxygen atoms in total. The lowest BCUT2D eigenvalue weighted by Gasteiger charge is -2.30. The van der Waals surface area contributed by atoms with Crippen LogP contribution in [0.1, 0.15) is 87.8 Å². The Morgan fingerprint density at radius 1 is 0.923 bits per heavy atom. The summed E-state index contributed by atoms with van der Waals surface area (Å²) in [7, 11) is 0. The number of hydrogen-bond donors (Lipinski definition) is 4. The number of tetrazole rings is 1. The number of fused-ring (bicyclic) bond motifs is 2. The summed E-state index contributed by atoms with van der Waals surface area (Å²) in [6.07, 6.45) is 15.8. The van der Waals surface area contributed by atoms with E-state index in [1.807, 2.05) is 78.9 Å². The van der Waals surface area contributed by atoms with Gasteiger partial charge < -0.3 is 26.0 Å². The Balaban J connectivity index is 1.15. The Bertz CT molecular complexity index is 1840. The summed E-state index contributed by atoms with van der Waals surface area (Å²) in [4.78, 5) is 57.0. The average Bonchev–Trinajstić information content (AvgIpc) is 3.62. The SMILES string of the molecule is O=C(NC1CCCC1)N[C@H]1CCCCC/C=C\[C@H]2C[C@@]2(C(=O)O)NC(=O)[C@@H]2C[C@@H](n3nnc(-c4ccccc4/C=C/c4ccccc4)n3)CN2C1=O. The van der Waals surface area contributed by atoms with E-state index in [1.54, 1.807) is 0 Å². The molecular weight excluding hydrogens is 660 g/mol. The molecule has 3 aromatic rings. The van der Waals surface area contributed by atoms with Gasteiger partial charge in [-0.25, -0.2) is 9.59 Å². The van der Waals surface area contributed by atoms with E-state index in [4.69, 9.17) is 5.10 Å². The van der Waals surface area contributed by atoms with E-state index in [0.29, 0.717) is 18.7 Å². The fourth-order valence-electron chi connectivity index (χ4n) is 7.78. The van der Waals surface area contributed by atoms with Crippen molar-refractivity contribution in [1.29, 1.82) is 0 Å². The van der Waals surface area contributed by atoms with Crippen molar-refractivity contribution in [1.82, 2.24) is 41.1 Å². The van der Waals surface area contributed by atoms with Crippen LogP contribution in [0.5, 0.6) is 0 Å². The number of aromatic nitrogens is 4. The van der Waals surface area contributed by atoms with Crippen molar-refractivity contribution in [2.75, 3.05) is 6.54 Å². The molecule has 4 N–H and O–H groups in total. The summed E-state index contributed by atoms with van der Waals surface area (Å²) < 4.78 is 0. The first-order valence-corrected chi connectivity index (χ1v) is 18.5. The number of aliphatic carboxylic acids is 1. The summed E-state index contributed by atoms with van der Waals surface area (Å²) in [6, 6.07) is 15.0. The van der Waals surface area contributed by atoms with E-state index in [2.05, 4.69) is 26.3 Å². The summed E-state index contributed by atoms with van der Waals surface area (Å²) in [5.41, 5.74) is 1.30. The van der Waals surface area contributed by atoms with E-state index in [1.165, 1.54) is 9.70 Å². The number of carboxylic acid groups (broad SMARTS) is 1. The largest absolute Gasteiger partial charge is 0.479 e. The van der Waals surface area contributed by atoms with Crippen LogP contribution in [0.25, 0.3) is 23.5 Å². The number of urea groups is 1. The second kappa shape index (κ2) is 15.5. The van der Waals surface area contributed by atoms with Gasteiger partial charge in [0.2, 0.25) is 17.6 Å². The summed E-state index contributed by atoms with van der Waals surface area (Å²) in [6.45, 7) is 0.0914. The summed E-state index contributed by atoms with van der Waals surface area (Å²) in [5.74, 6) is -1.96. The third-order valence-electron chi connectivity index (χ3n) is 10.8. The Hall–Kier alpha value is -5.33. The zero-order valence-electron chi connectivity index (χ0n) is 29.2. The molecule has 0 spiro atoms. The Labute approximate surface area is 302 Å². The normalized spacial score (nSPS) is 27.6. The van der Waals surface area contributed by atoms with Crippen molar-refractivity contribution in [2.24, 2.45) is 5.92 Å². The molecule has 3 fully saturated rings. The van der Waals surface area contributed by atoms with Crippen LogP contribution in [0.15, 0.2) is 66.7 Å². The maximum absolute atomic E-state index is 14.4. The number of hydrogen-bond acceptors (Lipinski definition) is 7. The van der Waals surface area contributed by atoms with E-state index in [-0.39, 0.29) is 37.3 Å². The first kappa shape index (κ1) is 35.1. The molecule has 13 heteroatoms. The third kappa shape index (κ3) is 7.78. The van der Waals surface area contributed by atoms with Crippen LogP contribution in [-0.2, 0) is 14.4 Å². The molecule has 2 aliphatic carbocycles. The van der Waals surface area contributed by atoms with Gasteiger partial charge in [-0.3, -0.25) is 9.59 Å². The molecule has 3 heterocycles. The predicted molar refractivity (Wildman–Crippen MR) is 194 cm³/mol. The molecular formula is C39H46N8O5. The van der Waals surface area contributed by atoms with E-state index < -0.39 is 41.6 Å². The Morgan fingerprint density at radius 2 is 1.69 bits per heavy atom. The van der Waals surface area contributed by atoms with Crippen molar-refractivity contribution >= 4 is 36.0 Å². The number of nitrogens with one attached hydrogen (secondary N) is 3. The molecule has 0 bridgehead atoms. The van der Waals surface area contributed by atoms with Gasteiger partial charge in [-0.2, -0.15) is 4.80 Å². The van der Waals surface area contributed by atoms with E-state index in [0.717, 1.165) is 61.6 Å². The van der Waals surface area contributed by atoms with Crippen LogP contribution in [0.2, 0.25) is 0 Å². The fraction of sp³-hybridized carbons (Fsp3) is 0.462. The number of amides is 4. The zero-order valence-corrected chi connectivity index (χ0v) is 29.2. The summed E-state index contributed by atoms with van der Waals surface area (Å²) >= 11 is 0. The van der Waals surface area contributed by atoms with Crippen LogP contribution < -0.4 is 16.0 Å². The Kier molecular flexibility index (Phi) is 10.5. The highest BCUT2D eigenvalue weighted by Gasteiger charge is 2.61. The molecule has 1 saturated heterocycles. The highest BCUT2D eigenvalue weighted by atomic mass is 16.4. The second-order valence-corrected chi connectivity index (χ2v) is 14.5. The molecule has 0 unspecified atom stereocenters. The summed E-state index contributed by atoms with van der Waals surface area (Å²) in [5, 5.41) is 32.5. The first-order chi connectivity index (χ1) is 25.3. The molecule has 0 radical (unpaired) electrons. The van der Waals surface area contributed by atoms with Crippen LogP contribution in [-0.4, -0.2) is 84.2 Å². The topological polar surface area (TPSA) is 171 Å². The molecule has 2 saturated carbocycles. The highest BCUT2D eigenvalue weighted by Crippen LogP contribution is 2.45. The molecule has 4 amide bonds. The minimum absolute atomic E-state index is 0.0732. The van der Waals surface area contributed by atoms with Crippen molar-refractivity contribution in [3.05, 3.63) is 77.9 Å². The molecule has 2 aromatic carbocycles. The van der Waals surface area contributed by atoms with Gasteiger partial charge in [0, 0.05) is 30.5 Å². The fourth-order valence-corrected chi connectivity index (χ4v) is 7.78. The highest BCUT2D eigenvalue weighted by molar-refractivity contribution is 5.96. The molecule has 52 heavy (non-hydrogen) atoms. The van der Waals surface area contributed by atoms with Gasteiger partial charge in [0.25, 0.3) is 0 Å². The van der Waals surface area contributed by atoms with Gasteiger partial charge in [-0.05, 0) is 54.9 Å². The number of nitrogens with zero attached hydrogens (tertiary/aromatic N) is 5. The average molecular weight is 707 g/mol. The molecule has 2 aliphatic heterocycles. The van der Waals surface area contributed by atoms with Gasteiger partial charge in [-0.15, -0.1) is 10.2 Å². The number of rotatable bonds is 7. The number of carboxylic acids is 1. The lowest BCUT2D eigenvalue weighted by atomic mass is 10.0. The third-order valence-corrected chi connectivity index (χ3v) is 10.8. The smallest absolute Gasteiger partial charge is 0.330 e. The van der Waals surface area contributed by atoms with Crippen molar-refractivity contribution in [3.63, 3.8) is 0 Å². The van der Waals surface area contributed by atoms with Crippen LogP contribution in [0.4, 0.5) is 4.79 Å². The van der Waals surface area contributed by atoms with Crippen molar-refractivity contribution < 1.29 is 24.3 Å². The number of carbonyl (C=O) groups is 4. The zero-order chi connectivity index (χ0) is 36.1. The van der Waals surface area contributed by atoms with Crippen LogP contribution in [0, 0.1) is 5.92 Å². The van der Waals surface area contributed by atoms with Crippen LogP contribution in [0.3, 0.4) is 0 Å². The molecule has 272 valence electrons. The lowest BCUT2D eigenvalue weighted by molar-refractivity contribution is -0.145. The van der Waals surface area contributed by atoms with Crippen molar-refractivity contribution in [3.8, 4) is 11.4 Å². The lowest BCUT2D eigenvalue weighted by Crippen LogP contribution is -2.57. The molecule has 7 rings (SSSR count). The van der Waals surface area contributed by atoms with E-state index >= 15 is 0 Å². The van der Waals surface area contributed by atoms with Gasteiger partial charge in [-0.1, -0.05) is 105 Å². The van der Waals surface area contributed by atoms with Gasteiger partial charge in [0.15, 0.2) is 0 Å². The van der Waals surface area contributed by atoms with Gasteiger partial charge in [0.1, 0.15) is 17.6 Å². The Morgan fingerprint density at radius 3 is 2.50 bits per heavy atom. The first-order valence-electron chi connectivity index (χ1n) is 18.5. The monoisotopic (exact) mass is 706 g/mol. The maximum atomic E-state index is 14.4. The molecule has 1 aromatic heterocycles. The molecule has 5 atom stereocenters. The molecule has 4 aliphatic rings. The number of allylic oxidation sites excluding steroid dienone is 1. The van der Waals surface area contributed by atoms with E-state index in [9.17, 15) is 24.3 Å². The van der Waals surface area contributed by atoms with Crippen molar-refractivity contribution in [2.45, 2.75) is 100 Å². The van der Waals surface area contributed by atoms with Gasteiger partial charge >= 0.3 is 12.0 Å². The minimum atomic E-state index is -1.42. The van der Waals surface area contributed by atoms with Gasteiger partial charge in [0.05, 0.1) is 6.04 Å². The maximum Gasteiger partial charge on any atom is 0.330 e. The number of carbonyl (C=O) groups excluding carboxylic acids is 3. The number of benzene rings is 2. The standard InChI is InChI=1S/C39H46N8O5/c48-35-33-23-30(47-44-34(43-45-47)31-19-12-9-15-27(31)22-21-26-13-5-4-6-14-26)25-46(33)36(49)32(41-38(52)40-29-17-10-11-18-29)20-8-3-1-2-7-16-28-24-39(28,42-35)37(50)51/h4-7,9,12-16,19,21-22,28-30,32-33H,1-3,8,10-11,17-18,20,23-25H2,(H,42,48)(H,50,51)(H2,40,41,52)/b16-7-,22-21+/t28-,30+,32-,33-,39+/m0/s1. The second-order valence-electron chi connectivity index (χ2n) is 14.5. The van der Waals surface area contributed by atoms with Crippen LogP contribution >= 0.6 is 0 Å².